The number of hydrogen-bond donors (Lipinski definition) is 1. The maximum atomic E-state index is 10.0. The Morgan fingerprint density at radius 2 is 2.25 bits per heavy atom. The summed E-state index contributed by atoms with van der Waals surface area (Å²) in [5, 5.41) is 10.0. The van der Waals surface area contributed by atoms with Gasteiger partial charge in [-0.25, -0.2) is 0 Å². The molecule has 2 atom stereocenters. The maximum absolute atomic E-state index is 10.0. The lowest BCUT2D eigenvalue weighted by atomic mass is 9.97. The Hall–Kier alpha value is -0.670. The number of thioether (sulfide) groups is 1. The van der Waals surface area contributed by atoms with E-state index in [0.29, 0.717) is 0 Å². The Labute approximate surface area is 101 Å². The molecule has 2 unspecified atom stereocenters. The highest BCUT2D eigenvalue weighted by Crippen LogP contribution is 2.35. The van der Waals surface area contributed by atoms with Crippen molar-refractivity contribution in [1.29, 1.82) is 0 Å². The Morgan fingerprint density at radius 3 is 3.06 bits per heavy atom. The summed E-state index contributed by atoms with van der Waals surface area (Å²) in [5.41, 5.74) is 0.934. The number of rotatable bonds is 4. The van der Waals surface area contributed by atoms with Gasteiger partial charge in [-0.1, -0.05) is 18.2 Å². The highest BCUT2D eigenvalue weighted by Gasteiger charge is 2.25. The third-order valence-electron chi connectivity index (χ3n) is 2.93. The molecule has 0 aromatic heterocycles. The standard InChI is InChI=1S/C13H18O2S/c1-16-8-4-5-10-9-12(14)11-6-2-3-7-13(11)15-10/h2-3,6-7,10,12,14H,4-5,8-9H2,1H3. The van der Waals surface area contributed by atoms with Crippen LogP contribution in [-0.4, -0.2) is 23.2 Å². The highest BCUT2D eigenvalue weighted by atomic mass is 32.2. The van der Waals surface area contributed by atoms with Gasteiger partial charge >= 0.3 is 0 Å². The molecule has 1 heterocycles. The van der Waals surface area contributed by atoms with Crippen LogP contribution in [0.2, 0.25) is 0 Å². The first kappa shape index (κ1) is 11.8. The average molecular weight is 238 g/mol. The van der Waals surface area contributed by atoms with Crippen LogP contribution < -0.4 is 4.74 Å². The molecular weight excluding hydrogens is 220 g/mol. The van der Waals surface area contributed by atoms with Gasteiger partial charge in [0.2, 0.25) is 0 Å². The third kappa shape index (κ3) is 2.71. The van der Waals surface area contributed by atoms with Crippen LogP contribution in [0.3, 0.4) is 0 Å². The highest BCUT2D eigenvalue weighted by molar-refractivity contribution is 7.98. The van der Waals surface area contributed by atoms with E-state index < -0.39 is 0 Å². The van der Waals surface area contributed by atoms with Crippen molar-refractivity contribution in [2.45, 2.75) is 31.5 Å². The van der Waals surface area contributed by atoms with E-state index in [9.17, 15) is 5.11 Å². The number of fused-ring (bicyclic) bond motifs is 1. The van der Waals surface area contributed by atoms with E-state index in [1.165, 1.54) is 0 Å². The Morgan fingerprint density at radius 1 is 1.44 bits per heavy atom. The molecule has 88 valence electrons. The van der Waals surface area contributed by atoms with Gasteiger partial charge in [0.15, 0.2) is 0 Å². The fraction of sp³-hybridized carbons (Fsp3) is 0.538. The zero-order chi connectivity index (χ0) is 11.4. The molecule has 1 aliphatic heterocycles. The quantitative estimate of drug-likeness (QED) is 0.818. The fourth-order valence-electron chi connectivity index (χ4n) is 2.10. The summed E-state index contributed by atoms with van der Waals surface area (Å²) in [5.74, 6) is 2.02. The van der Waals surface area contributed by atoms with Crippen LogP contribution in [-0.2, 0) is 0 Å². The minimum absolute atomic E-state index is 0.178. The lowest BCUT2D eigenvalue weighted by Gasteiger charge is -2.29. The second kappa shape index (κ2) is 5.60. The van der Waals surface area contributed by atoms with Crippen molar-refractivity contribution < 1.29 is 9.84 Å². The van der Waals surface area contributed by atoms with Crippen molar-refractivity contribution in [3.05, 3.63) is 29.8 Å². The topological polar surface area (TPSA) is 29.5 Å². The van der Waals surface area contributed by atoms with E-state index in [-0.39, 0.29) is 12.2 Å². The third-order valence-corrected chi connectivity index (χ3v) is 3.63. The Kier molecular flexibility index (Phi) is 4.13. The second-order valence-electron chi connectivity index (χ2n) is 4.16. The molecule has 1 aromatic carbocycles. The van der Waals surface area contributed by atoms with E-state index in [1.807, 2.05) is 36.0 Å². The van der Waals surface area contributed by atoms with Gasteiger partial charge in [0, 0.05) is 12.0 Å². The number of hydrogen-bond acceptors (Lipinski definition) is 3. The van der Waals surface area contributed by atoms with Gasteiger partial charge < -0.3 is 9.84 Å². The lowest BCUT2D eigenvalue weighted by Crippen LogP contribution is -2.25. The molecular formula is C13H18O2S. The summed E-state index contributed by atoms with van der Waals surface area (Å²) in [7, 11) is 0. The summed E-state index contributed by atoms with van der Waals surface area (Å²) in [4.78, 5) is 0. The molecule has 0 aliphatic carbocycles. The smallest absolute Gasteiger partial charge is 0.125 e. The normalized spacial score (nSPS) is 23.6. The monoisotopic (exact) mass is 238 g/mol. The molecule has 1 N–H and O–H groups in total. The van der Waals surface area contributed by atoms with Gasteiger partial charge in [-0.05, 0) is 30.9 Å². The minimum atomic E-state index is -0.357. The lowest BCUT2D eigenvalue weighted by molar-refractivity contribution is 0.0616. The molecule has 0 saturated carbocycles. The number of ether oxygens (including phenoxy) is 1. The molecule has 16 heavy (non-hydrogen) atoms. The first-order chi connectivity index (χ1) is 7.81. The SMILES string of the molecule is CSCCCC1CC(O)c2ccccc2O1. The molecule has 0 saturated heterocycles. The van der Waals surface area contributed by atoms with Gasteiger partial charge in [0.05, 0.1) is 6.10 Å². The molecule has 1 aromatic rings. The van der Waals surface area contributed by atoms with E-state index in [2.05, 4.69) is 6.26 Å². The molecule has 0 bridgehead atoms. The van der Waals surface area contributed by atoms with Crippen molar-refractivity contribution in [1.82, 2.24) is 0 Å². The van der Waals surface area contributed by atoms with Crippen molar-refractivity contribution in [2.24, 2.45) is 0 Å². The summed E-state index contributed by atoms with van der Waals surface area (Å²) >= 11 is 1.86. The zero-order valence-electron chi connectivity index (χ0n) is 9.56. The summed E-state index contributed by atoms with van der Waals surface area (Å²) in [6.07, 6.45) is 4.85. The van der Waals surface area contributed by atoms with E-state index >= 15 is 0 Å². The summed E-state index contributed by atoms with van der Waals surface area (Å²) in [6, 6.07) is 7.78. The van der Waals surface area contributed by atoms with Crippen LogP contribution in [0.1, 0.15) is 30.9 Å². The molecule has 2 nitrogen and oxygen atoms in total. The average Bonchev–Trinajstić information content (AvgIpc) is 2.30. The van der Waals surface area contributed by atoms with Gasteiger partial charge in [-0.2, -0.15) is 11.8 Å². The molecule has 0 radical (unpaired) electrons. The van der Waals surface area contributed by atoms with Crippen molar-refractivity contribution >= 4 is 11.8 Å². The number of aliphatic hydroxyl groups excluding tert-OH is 1. The van der Waals surface area contributed by atoms with E-state index in [4.69, 9.17) is 4.74 Å². The first-order valence-electron chi connectivity index (χ1n) is 5.74. The van der Waals surface area contributed by atoms with E-state index in [1.54, 1.807) is 0 Å². The molecule has 0 amide bonds. The number of aliphatic hydroxyl groups is 1. The van der Waals surface area contributed by atoms with Crippen molar-refractivity contribution in [3.63, 3.8) is 0 Å². The first-order valence-corrected chi connectivity index (χ1v) is 7.13. The predicted octanol–water partition coefficient (Wildman–Crippen LogP) is 3.01. The maximum Gasteiger partial charge on any atom is 0.125 e. The van der Waals surface area contributed by atoms with Crippen LogP contribution in [0.15, 0.2) is 24.3 Å². The minimum Gasteiger partial charge on any atom is -0.490 e. The Balaban J connectivity index is 1.98. The molecule has 3 heteroatoms. The zero-order valence-corrected chi connectivity index (χ0v) is 10.4. The summed E-state index contributed by atoms with van der Waals surface area (Å²) in [6.45, 7) is 0. The fourth-order valence-corrected chi connectivity index (χ4v) is 2.55. The van der Waals surface area contributed by atoms with Crippen LogP contribution in [0, 0.1) is 0 Å². The van der Waals surface area contributed by atoms with Crippen LogP contribution in [0.5, 0.6) is 5.75 Å². The van der Waals surface area contributed by atoms with Crippen LogP contribution >= 0.6 is 11.8 Å². The van der Waals surface area contributed by atoms with E-state index in [0.717, 1.165) is 36.3 Å². The molecule has 1 aliphatic rings. The van der Waals surface area contributed by atoms with Gasteiger partial charge in [0.1, 0.15) is 11.9 Å². The summed E-state index contributed by atoms with van der Waals surface area (Å²) < 4.78 is 5.88. The molecule has 0 spiro atoms. The largest absolute Gasteiger partial charge is 0.490 e. The van der Waals surface area contributed by atoms with Gasteiger partial charge in [0.25, 0.3) is 0 Å². The molecule has 2 rings (SSSR count). The van der Waals surface area contributed by atoms with Crippen molar-refractivity contribution in [3.8, 4) is 5.75 Å². The predicted molar refractivity (Wildman–Crippen MR) is 68.1 cm³/mol. The second-order valence-corrected chi connectivity index (χ2v) is 5.15. The van der Waals surface area contributed by atoms with Gasteiger partial charge in [-0.15, -0.1) is 0 Å². The van der Waals surface area contributed by atoms with Crippen LogP contribution in [0.25, 0.3) is 0 Å². The van der Waals surface area contributed by atoms with Crippen LogP contribution in [0.4, 0.5) is 0 Å². The number of benzene rings is 1. The Bertz CT molecular complexity index is 340. The molecule has 0 fully saturated rings. The number of para-hydroxylation sites is 1. The van der Waals surface area contributed by atoms with Crippen molar-refractivity contribution in [2.75, 3.05) is 12.0 Å². The van der Waals surface area contributed by atoms with Gasteiger partial charge in [-0.3, -0.25) is 0 Å².